The van der Waals surface area contributed by atoms with Gasteiger partial charge in [0.1, 0.15) is 11.6 Å². The molecule has 2 aromatic carbocycles. The zero-order chi connectivity index (χ0) is 20.1. The van der Waals surface area contributed by atoms with Crippen LogP contribution in [0.4, 0.5) is 28.8 Å². The van der Waals surface area contributed by atoms with Gasteiger partial charge in [-0.25, -0.2) is 4.98 Å². The molecule has 2 N–H and O–H groups in total. The fourth-order valence-electron chi connectivity index (χ4n) is 3.53. The Morgan fingerprint density at radius 1 is 0.966 bits per heavy atom. The van der Waals surface area contributed by atoms with E-state index in [-0.39, 0.29) is 0 Å². The maximum atomic E-state index is 5.38. The highest BCUT2D eigenvalue weighted by Crippen LogP contribution is 2.27. The van der Waals surface area contributed by atoms with Crippen LogP contribution in [0.1, 0.15) is 19.8 Å². The molecule has 1 saturated heterocycles. The van der Waals surface area contributed by atoms with Gasteiger partial charge < -0.3 is 20.3 Å². The summed E-state index contributed by atoms with van der Waals surface area (Å²) >= 11 is 0. The Morgan fingerprint density at radius 3 is 2.48 bits per heavy atom. The van der Waals surface area contributed by atoms with Gasteiger partial charge in [-0.1, -0.05) is 19.1 Å². The third-order valence-electron chi connectivity index (χ3n) is 5.30. The molecule has 1 aromatic heterocycles. The number of hydrogen-bond acceptors (Lipinski definition) is 6. The zero-order valence-electron chi connectivity index (χ0n) is 16.9. The van der Waals surface area contributed by atoms with Crippen LogP contribution in [0.5, 0.6) is 5.75 Å². The van der Waals surface area contributed by atoms with E-state index in [2.05, 4.69) is 56.7 Å². The summed E-state index contributed by atoms with van der Waals surface area (Å²) in [4.78, 5) is 11.4. The Bertz CT molecular complexity index is 936. The molecule has 6 heteroatoms. The summed E-state index contributed by atoms with van der Waals surface area (Å²) in [6, 6.07) is 18.1. The van der Waals surface area contributed by atoms with Gasteiger partial charge in [0.05, 0.1) is 12.8 Å². The third-order valence-corrected chi connectivity index (χ3v) is 5.30. The van der Waals surface area contributed by atoms with E-state index >= 15 is 0 Å². The maximum Gasteiger partial charge on any atom is 0.229 e. The molecule has 0 radical (unpaired) electrons. The smallest absolute Gasteiger partial charge is 0.229 e. The summed E-state index contributed by atoms with van der Waals surface area (Å²) in [7, 11) is 1.65. The molecule has 0 unspecified atom stereocenters. The number of ether oxygens (including phenoxy) is 1. The second-order valence-corrected chi connectivity index (χ2v) is 7.43. The number of hydrogen-bond donors (Lipinski definition) is 2. The molecule has 6 nitrogen and oxygen atoms in total. The molecule has 1 fully saturated rings. The van der Waals surface area contributed by atoms with Gasteiger partial charge in [-0.3, -0.25) is 0 Å². The molecule has 150 valence electrons. The number of anilines is 5. The molecule has 0 bridgehead atoms. The van der Waals surface area contributed by atoms with E-state index in [1.165, 1.54) is 18.5 Å². The standard InChI is InChI=1S/C23H27N5O/c1-17-12-15-28(16-13-17)19-9-7-18(8-10-19)25-23-24-14-11-22(27-23)26-20-5-3-4-6-21(20)29-2/h3-11,14,17H,12-13,15-16H2,1-2H3,(H2,24,25,26,27). The fourth-order valence-corrected chi connectivity index (χ4v) is 3.53. The molecule has 1 aliphatic heterocycles. The average molecular weight is 390 g/mol. The summed E-state index contributed by atoms with van der Waals surface area (Å²) in [5.41, 5.74) is 3.10. The minimum Gasteiger partial charge on any atom is -0.495 e. The molecule has 0 saturated carbocycles. The first kappa shape index (κ1) is 19.1. The lowest BCUT2D eigenvalue weighted by molar-refractivity contribution is 0.417. The van der Waals surface area contributed by atoms with Crippen LogP contribution in [-0.4, -0.2) is 30.2 Å². The quantitative estimate of drug-likeness (QED) is 0.603. The van der Waals surface area contributed by atoms with E-state index in [1.54, 1.807) is 13.3 Å². The van der Waals surface area contributed by atoms with Gasteiger partial charge in [0.25, 0.3) is 0 Å². The Balaban J connectivity index is 1.42. The van der Waals surface area contributed by atoms with Gasteiger partial charge in [-0.05, 0) is 61.2 Å². The molecular formula is C23H27N5O. The summed E-state index contributed by atoms with van der Waals surface area (Å²) in [6.45, 7) is 4.60. The second-order valence-electron chi connectivity index (χ2n) is 7.43. The monoisotopic (exact) mass is 389 g/mol. The van der Waals surface area contributed by atoms with Crippen LogP contribution in [0.2, 0.25) is 0 Å². The Morgan fingerprint density at radius 2 is 1.72 bits per heavy atom. The Hall–Kier alpha value is -3.28. The normalized spacial score (nSPS) is 14.5. The molecule has 0 spiro atoms. The molecule has 2 heterocycles. The van der Waals surface area contributed by atoms with Crippen LogP contribution >= 0.6 is 0 Å². The SMILES string of the molecule is COc1ccccc1Nc1ccnc(Nc2ccc(N3CCC(C)CC3)cc2)n1. The molecule has 0 atom stereocenters. The highest BCUT2D eigenvalue weighted by Gasteiger charge is 2.15. The maximum absolute atomic E-state index is 5.38. The van der Waals surface area contributed by atoms with Crippen molar-refractivity contribution >= 4 is 28.8 Å². The van der Waals surface area contributed by atoms with Gasteiger partial charge in [-0.2, -0.15) is 4.98 Å². The largest absolute Gasteiger partial charge is 0.495 e. The Labute approximate surface area is 172 Å². The summed E-state index contributed by atoms with van der Waals surface area (Å²) in [6.07, 6.45) is 4.26. The van der Waals surface area contributed by atoms with Crippen molar-refractivity contribution in [3.05, 3.63) is 60.8 Å². The number of benzene rings is 2. The number of aromatic nitrogens is 2. The van der Waals surface area contributed by atoms with E-state index in [1.807, 2.05) is 30.3 Å². The van der Waals surface area contributed by atoms with E-state index < -0.39 is 0 Å². The van der Waals surface area contributed by atoms with Crippen LogP contribution in [0.15, 0.2) is 60.8 Å². The first-order chi connectivity index (χ1) is 14.2. The molecule has 3 aromatic rings. The number of rotatable bonds is 6. The minimum absolute atomic E-state index is 0.546. The first-order valence-corrected chi connectivity index (χ1v) is 10.1. The van der Waals surface area contributed by atoms with Gasteiger partial charge in [0.15, 0.2) is 0 Å². The van der Waals surface area contributed by atoms with Gasteiger partial charge in [0, 0.05) is 30.7 Å². The van der Waals surface area contributed by atoms with Crippen LogP contribution < -0.4 is 20.3 Å². The summed E-state index contributed by atoms with van der Waals surface area (Å²) in [5.74, 6) is 2.85. The highest BCUT2D eigenvalue weighted by molar-refractivity contribution is 5.65. The number of nitrogens with one attached hydrogen (secondary N) is 2. The van der Waals surface area contributed by atoms with E-state index in [0.29, 0.717) is 11.8 Å². The minimum atomic E-state index is 0.546. The van der Waals surface area contributed by atoms with E-state index in [0.717, 1.165) is 36.1 Å². The predicted octanol–water partition coefficient (Wildman–Crippen LogP) is 5.21. The lowest BCUT2D eigenvalue weighted by atomic mass is 9.99. The van der Waals surface area contributed by atoms with Crippen LogP contribution in [0.3, 0.4) is 0 Å². The number of para-hydroxylation sites is 2. The first-order valence-electron chi connectivity index (χ1n) is 10.1. The van der Waals surface area contributed by atoms with Crippen molar-refractivity contribution < 1.29 is 4.74 Å². The summed E-state index contributed by atoms with van der Waals surface area (Å²) in [5, 5.41) is 6.57. The van der Waals surface area contributed by atoms with Crippen LogP contribution in [0.25, 0.3) is 0 Å². The van der Waals surface area contributed by atoms with Gasteiger partial charge in [-0.15, -0.1) is 0 Å². The summed E-state index contributed by atoms with van der Waals surface area (Å²) < 4.78 is 5.38. The van der Waals surface area contributed by atoms with Crippen LogP contribution in [0, 0.1) is 5.92 Å². The second kappa shape index (κ2) is 8.82. The van der Waals surface area contributed by atoms with Crippen molar-refractivity contribution in [2.24, 2.45) is 5.92 Å². The third kappa shape index (κ3) is 4.77. The molecule has 0 amide bonds. The molecule has 1 aliphatic rings. The average Bonchev–Trinajstić information content (AvgIpc) is 2.76. The van der Waals surface area contributed by atoms with Gasteiger partial charge in [0.2, 0.25) is 5.95 Å². The van der Waals surface area contributed by atoms with Crippen molar-refractivity contribution in [1.29, 1.82) is 0 Å². The van der Waals surface area contributed by atoms with Crippen molar-refractivity contribution in [3.63, 3.8) is 0 Å². The van der Waals surface area contributed by atoms with Crippen LogP contribution in [-0.2, 0) is 0 Å². The predicted molar refractivity (Wildman–Crippen MR) is 119 cm³/mol. The fraction of sp³-hybridized carbons (Fsp3) is 0.304. The Kier molecular flexibility index (Phi) is 5.79. The number of nitrogens with zero attached hydrogens (tertiary/aromatic N) is 3. The molecule has 0 aliphatic carbocycles. The van der Waals surface area contributed by atoms with E-state index in [4.69, 9.17) is 4.74 Å². The van der Waals surface area contributed by atoms with Crippen molar-refractivity contribution in [1.82, 2.24) is 9.97 Å². The lowest BCUT2D eigenvalue weighted by Gasteiger charge is -2.32. The topological polar surface area (TPSA) is 62.3 Å². The van der Waals surface area contributed by atoms with Crippen molar-refractivity contribution in [2.45, 2.75) is 19.8 Å². The zero-order valence-corrected chi connectivity index (χ0v) is 16.9. The molecular weight excluding hydrogens is 362 g/mol. The molecule has 4 rings (SSSR count). The van der Waals surface area contributed by atoms with Crippen molar-refractivity contribution in [2.75, 3.05) is 35.7 Å². The van der Waals surface area contributed by atoms with E-state index in [9.17, 15) is 0 Å². The number of piperidine rings is 1. The lowest BCUT2D eigenvalue weighted by Crippen LogP contribution is -2.32. The number of methoxy groups -OCH3 is 1. The van der Waals surface area contributed by atoms with Gasteiger partial charge >= 0.3 is 0 Å². The van der Waals surface area contributed by atoms with Crippen molar-refractivity contribution in [3.8, 4) is 5.75 Å². The molecule has 29 heavy (non-hydrogen) atoms. The highest BCUT2D eigenvalue weighted by atomic mass is 16.5.